The van der Waals surface area contributed by atoms with E-state index >= 15 is 0 Å². The molecule has 0 aliphatic carbocycles. The highest BCUT2D eigenvalue weighted by Gasteiger charge is 2.20. The number of hydrogen-bond acceptors (Lipinski definition) is 2. The largest absolute Gasteiger partial charge is 0.381 e. The fraction of sp³-hybridized carbons (Fsp3) is 0.500. The van der Waals surface area contributed by atoms with Crippen molar-refractivity contribution in [3.05, 3.63) is 23.5 Å². The summed E-state index contributed by atoms with van der Waals surface area (Å²) in [6, 6.07) is 3.85. The topological polar surface area (TPSA) is 24.1 Å². The van der Waals surface area contributed by atoms with Gasteiger partial charge in [0.15, 0.2) is 0 Å². The Kier molecular flexibility index (Phi) is 2.55. The molecule has 1 aliphatic heterocycles. The van der Waals surface area contributed by atoms with E-state index in [9.17, 15) is 4.39 Å². The van der Waals surface area contributed by atoms with Crippen LogP contribution in [0.25, 0.3) is 0 Å². The molecule has 0 bridgehead atoms. The first-order chi connectivity index (χ1) is 7.08. The zero-order valence-corrected chi connectivity index (χ0v) is 9.39. The second-order valence-electron chi connectivity index (χ2n) is 4.52. The minimum absolute atomic E-state index is 0.147. The van der Waals surface area contributed by atoms with E-state index in [0.29, 0.717) is 17.5 Å². The SMILES string of the molecule is Cc1cc2c(cc1F)NCC(C(C)C)N2. The lowest BCUT2D eigenvalue weighted by Gasteiger charge is -2.31. The summed E-state index contributed by atoms with van der Waals surface area (Å²) in [4.78, 5) is 0. The maximum atomic E-state index is 13.3. The molecule has 1 heterocycles. The lowest BCUT2D eigenvalue weighted by Crippen LogP contribution is -2.37. The first-order valence-electron chi connectivity index (χ1n) is 5.38. The van der Waals surface area contributed by atoms with E-state index in [4.69, 9.17) is 0 Å². The molecular formula is C12H17FN2. The molecule has 1 aromatic carbocycles. The van der Waals surface area contributed by atoms with Gasteiger partial charge in [-0.25, -0.2) is 4.39 Å². The van der Waals surface area contributed by atoms with E-state index in [2.05, 4.69) is 24.5 Å². The first kappa shape index (κ1) is 10.3. The Morgan fingerprint density at radius 3 is 2.73 bits per heavy atom. The Balaban J connectivity index is 2.30. The summed E-state index contributed by atoms with van der Waals surface area (Å²) in [6.07, 6.45) is 0. The van der Waals surface area contributed by atoms with Crippen LogP contribution in [0.1, 0.15) is 19.4 Å². The van der Waals surface area contributed by atoms with Crippen LogP contribution in [-0.2, 0) is 0 Å². The van der Waals surface area contributed by atoms with Crippen molar-refractivity contribution in [2.45, 2.75) is 26.8 Å². The van der Waals surface area contributed by atoms with E-state index in [0.717, 1.165) is 17.9 Å². The molecule has 82 valence electrons. The summed E-state index contributed by atoms with van der Waals surface area (Å²) >= 11 is 0. The quantitative estimate of drug-likeness (QED) is 0.741. The Bertz CT molecular complexity index is 374. The molecule has 0 fully saturated rings. The van der Waals surface area contributed by atoms with Crippen molar-refractivity contribution in [3.63, 3.8) is 0 Å². The molecule has 1 atom stereocenters. The van der Waals surface area contributed by atoms with Crippen LogP contribution in [-0.4, -0.2) is 12.6 Å². The molecule has 0 spiro atoms. The van der Waals surface area contributed by atoms with Gasteiger partial charge in [-0.3, -0.25) is 0 Å². The molecule has 0 aromatic heterocycles. The van der Waals surface area contributed by atoms with Crippen molar-refractivity contribution < 1.29 is 4.39 Å². The highest BCUT2D eigenvalue weighted by Crippen LogP contribution is 2.30. The maximum absolute atomic E-state index is 13.3. The van der Waals surface area contributed by atoms with Crippen LogP contribution >= 0.6 is 0 Å². The number of rotatable bonds is 1. The van der Waals surface area contributed by atoms with Gasteiger partial charge in [0.05, 0.1) is 11.4 Å². The van der Waals surface area contributed by atoms with Crippen molar-refractivity contribution in [1.29, 1.82) is 0 Å². The summed E-state index contributed by atoms with van der Waals surface area (Å²) in [7, 11) is 0. The van der Waals surface area contributed by atoms with Crippen molar-refractivity contribution in [2.24, 2.45) is 5.92 Å². The van der Waals surface area contributed by atoms with Crippen LogP contribution in [0, 0.1) is 18.7 Å². The maximum Gasteiger partial charge on any atom is 0.128 e. The van der Waals surface area contributed by atoms with Crippen LogP contribution in [0.4, 0.5) is 15.8 Å². The number of hydrogen-bond donors (Lipinski definition) is 2. The van der Waals surface area contributed by atoms with Gasteiger partial charge in [-0.15, -0.1) is 0 Å². The second kappa shape index (κ2) is 3.72. The van der Waals surface area contributed by atoms with Crippen molar-refractivity contribution in [2.75, 3.05) is 17.2 Å². The molecule has 0 saturated carbocycles. The van der Waals surface area contributed by atoms with Gasteiger partial charge < -0.3 is 10.6 Å². The molecule has 1 aromatic rings. The van der Waals surface area contributed by atoms with Crippen LogP contribution in [0.2, 0.25) is 0 Å². The number of fused-ring (bicyclic) bond motifs is 1. The van der Waals surface area contributed by atoms with Crippen LogP contribution in [0.5, 0.6) is 0 Å². The Labute approximate surface area is 89.9 Å². The van der Waals surface area contributed by atoms with Gasteiger partial charge in [0.2, 0.25) is 0 Å². The average molecular weight is 208 g/mol. The Morgan fingerprint density at radius 2 is 2.07 bits per heavy atom. The third-order valence-corrected chi connectivity index (χ3v) is 2.96. The molecule has 0 amide bonds. The van der Waals surface area contributed by atoms with Gasteiger partial charge in [-0.2, -0.15) is 0 Å². The normalized spacial score (nSPS) is 19.4. The number of benzene rings is 1. The number of aryl methyl sites for hydroxylation is 1. The molecule has 0 radical (unpaired) electrons. The lowest BCUT2D eigenvalue weighted by atomic mass is 10.0. The Hall–Kier alpha value is -1.25. The van der Waals surface area contributed by atoms with E-state index in [1.165, 1.54) is 0 Å². The highest BCUT2D eigenvalue weighted by atomic mass is 19.1. The van der Waals surface area contributed by atoms with E-state index in [1.54, 1.807) is 13.0 Å². The number of anilines is 2. The predicted molar refractivity (Wildman–Crippen MR) is 61.9 cm³/mol. The zero-order chi connectivity index (χ0) is 11.0. The minimum Gasteiger partial charge on any atom is -0.381 e. The molecule has 15 heavy (non-hydrogen) atoms. The third kappa shape index (κ3) is 1.91. The highest BCUT2D eigenvalue weighted by molar-refractivity contribution is 5.72. The van der Waals surface area contributed by atoms with Gasteiger partial charge >= 0.3 is 0 Å². The molecule has 3 heteroatoms. The molecule has 0 saturated heterocycles. The van der Waals surface area contributed by atoms with Crippen molar-refractivity contribution in [1.82, 2.24) is 0 Å². The van der Waals surface area contributed by atoms with Gasteiger partial charge in [-0.1, -0.05) is 13.8 Å². The van der Waals surface area contributed by atoms with Gasteiger partial charge in [0.25, 0.3) is 0 Å². The van der Waals surface area contributed by atoms with Crippen molar-refractivity contribution in [3.8, 4) is 0 Å². The summed E-state index contributed by atoms with van der Waals surface area (Å²) in [6.45, 7) is 7.00. The van der Waals surface area contributed by atoms with Gasteiger partial charge in [0, 0.05) is 12.6 Å². The minimum atomic E-state index is -0.147. The Morgan fingerprint density at radius 1 is 1.33 bits per heavy atom. The summed E-state index contributed by atoms with van der Waals surface area (Å²) in [5.41, 5.74) is 2.57. The third-order valence-electron chi connectivity index (χ3n) is 2.96. The van der Waals surface area contributed by atoms with E-state index < -0.39 is 0 Å². The van der Waals surface area contributed by atoms with Crippen LogP contribution in [0.3, 0.4) is 0 Å². The average Bonchev–Trinajstić information content (AvgIpc) is 2.19. The zero-order valence-electron chi connectivity index (χ0n) is 9.39. The van der Waals surface area contributed by atoms with Crippen molar-refractivity contribution >= 4 is 11.4 Å². The molecule has 2 rings (SSSR count). The first-order valence-corrected chi connectivity index (χ1v) is 5.38. The lowest BCUT2D eigenvalue weighted by molar-refractivity contribution is 0.535. The van der Waals surface area contributed by atoms with E-state index in [1.807, 2.05) is 6.07 Å². The fourth-order valence-corrected chi connectivity index (χ4v) is 1.82. The van der Waals surface area contributed by atoms with E-state index in [-0.39, 0.29) is 5.82 Å². The standard InChI is InChI=1S/C12H17FN2/c1-7(2)12-6-14-10-5-9(13)8(3)4-11(10)15-12/h4-5,7,12,14-15H,6H2,1-3H3. The molecule has 2 N–H and O–H groups in total. The molecular weight excluding hydrogens is 191 g/mol. The fourth-order valence-electron chi connectivity index (χ4n) is 1.82. The van der Waals surface area contributed by atoms with Gasteiger partial charge in [0.1, 0.15) is 5.82 Å². The number of nitrogens with one attached hydrogen (secondary N) is 2. The monoisotopic (exact) mass is 208 g/mol. The summed E-state index contributed by atoms with van der Waals surface area (Å²) in [5.74, 6) is 0.419. The second-order valence-corrected chi connectivity index (χ2v) is 4.52. The summed E-state index contributed by atoms with van der Waals surface area (Å²) in [5, 5.41) is 6.69. The predicted octanol–water partition coefficient (Wildman–Crippen LogP) is 3.00. The number of halogens is 1. The van der Waals surface area contributed by atoms with Crippen LogP contribution in [0.15, 0.2) is 12.1 Å². The smallest absolute Gasteiger partial charge is 0.128 e. The van der Waals surface area contributed by atoms with Gasteiger partial charge in [-0.05, 0) is 30.5 Å². The molecule has 1 aliphatic rings. The summed E-state index contributed by atoms with van der Waals surface area (Å²) < 4.78 is 13.3. The molecule has 1 unspecified atom stereocenters. The molecule has 2 nitrogen and oxygen atoms in total. The van der Waals surface area contributed by atoms with Crippen LogP contribution < -0.4 is 10.6 Å².